The molecule has 1 aliphatic rings. The molecule has 1 heterocycles. The van der Waals surface area contributed by atoms with E-state index in [1.54, 1.807) is 23.1 Å². The Kier molecular flexibility index (Phi) is 6.21. The number of fused-ring (bicyclic) bond motifs is 1. The summed E-state index contributed by atoms with van der Waals surface area (Å²) in [4.78, 5) is 24.0. The van der Waals surface area contributed by atoms with Crippen LogP contribution >= 0.6 is 0 Å². The van der Waals surface area contributed by atoms with Gasteiger partial charge >= 0.3 is 5.97 Å². The summed E-state index contributed by atoms with van der Waals surface area (Å²) in [6.07, 6.45) is 2.78. The third kappa shape index (κ3) is 4.64. The fraction of sp³-hybridized carbons (Fsp3) is 0.238. The second-order valence-corrected chi connectivity index (χ2v) is 8.45. The number of hydrogen-bond acceptors (Lipinski definition) is 6. The average molecular weight is 446 g/mol. The SMILES string of the molecule is COc1cc(/C=C/C(=O)O)cc(S(=O)(=O)Nc2ccc3c(c2)CCN3C(C)=O)c1OC. The molecule has 0 bridgehead atoms. The van der Waals surface area contributed by atoms with E-state index in [0.29, 0.717) is 24.2 Å². The van der Waals surface area contributed by atoms with Gasteiger partial charge in [0.15, 0.2) is 11.5 Å². The summed E-state index contributed by atoms with van der Waals surface area (Å²) in [7, 11) is -1.44. The maximum Gasteiger partial charge on any atom is 0.328 e. The van der Waals surface area contributed by atoms with Crippen molar-refractivity contribution in [1.29, 1.82) is 0 Å². The number of rotatable bonds is 7. The van der Waals surface area contributed by atoms with Crippen LogP contribution in [0.2, 0.25) is 0 Å². The minimum Gasteiger partial charge on any atom is -0.493 e. The van der Waals surface area contributed by atoms with Crippen LogP contribution in [0.4, 0.5) is 11.4 Å². The molecule has 0 saturated heterocycles. The van der Waals surface area contributed by atoms with Crippen LogP contribution in [0.25, 0.3) is 6.08 Å². The molecule has 0 atom stereocenters. The van der Waals surface area contributed by atoms with E-state index in [0.717, 1.165) is 17.3 Å². The molecule has 0 aliphatic carbocycles. The van der Waals surface area contributed by atoms with Crippen molar-refractivity contribution in [3.63, 3.8) is 0 Å². The zero-order valence-electron chi connectivity index (χ0n) is 17.2. The molecule has 3 rings (SSSR count). The number of nitrogens with zero attached hydrogens (tertiary/aromatic N) is 1. The molecule has 1 amide bonds. The Labute approximate surface area is 179 Å². The topological polar surface area (TPSA) is 122 Å². The average Bonchev–Trinajstić information content (AvgIpc) is 3.14. The third-order valence-corrected chi connectivity index (χ3v) is 6.17. The molecule has 2 aromatic carbocycles. The third-order valence-electron chi connectivity index (χ3n) is 4.78. The lowest BCUT2D eigenvalue weighted by atomic mass is 10.1. The first-order valence-electron chi connectivity index (χ1n) is 9.27. The summed E-state index contributed by atoms with van der Waals surface area (Å²) in [5.74, 6) is -1.11. The van der Waals surface area contributed by atoms with Gasteiger partial charge in [0.05, 0.1) is 14.2 Å². The van der Waals surface area contributed by atoms with Crippen LogP contribution in [0.1, 0.15) is 18.1 Å². The van der Waals surface area contributed by atoms with Crippen molar-refractivity contribution in [3.8, 4) is 11.5 Å². The number of methoxy groups -OCH3 is 2. The van der Waals surface area contributed by atoms with Gasteiger partial charge in [0, 0.05) is 30.9 Å². The second-order valence-electron chi connectivity index (χ2n) is 6.80. The fourth-order valence-corrected chi connectivity index (χ4v) is 4.68. The number of ether oxygens (including phenoxy) is 2. The standard InChI is InChI=1S/C21H22N2O7S/c1-13(24)23-9-8-15-12-16(5-6-17(15)23)22-31(27,28)19-11-14(4-7-20(25)26)10-18(29-2)21(19)30-3/h4-7,10-12,22H,8-9H2,1-3H3,(H,25,26)/b7-4+. The Morgan fingerprint density at radius 2 is 1.90 bits per heavy atom. The highest BCUT2D eigenvalue weighted by atomic mass is 32.2. The van der Waals surface area contributed by atoms with Crippen molar-refractivity contribution in [2.45, 2.75) is 18.2 Å². The van der Waals surface area contributed by atoms with Gasteiger partial charge in [-0.2, -0.15) is 0 Å². The summed E-state index contributed by atoms with van der Waals surface area (Å²) in [6.45, 7) is 2.03. The summed E-state index contributed by atoms with van der Waals surface area (Å²) in [5, 5.41) is 8.86. The molecule has 2 N–H and O–H groups in total. The number of aliphatic carboxylic acids is 1. The Morgan fingerprint density at radius 3 is 2.52 bits per heavy atom. The number of benzene rings is 2. The zero-order valence-corrected chi connectivity index (χ0v) is 18.0. The molecule has 0 fully saturated rings. The molecule has 0 aromatic heterocycles. The van der Waals surface area contributed by atoms with Crippen LogP contribution in [0.15, 0.2) is 41.3 Å². The van der Waals surface area contributed by atoms with Crippen LogP contribution in [-0.4, -0.2) is 46.2 Å². The zero-order chi connectivity index (χ0) is 22.8. The van der Waals surface area contributed by atoms with Gasteiger partial charge in [-0.1, -0.05) is 0 Å². The molecule has 1 aliphatic heterocycles. The quantitative estimate of drug-likeness (QED) is 0.627. The van der Waals surface area contributed by atoms with E-state index < -0.39 is 16.0 Å². The first-order chi connectivity index (χ1) is 14.7. The highest BCUT2D eigenvalue weighted by Crippen LogP contribution is 2.37. The summed E-state index contributed by atoms with van der Waals surface area (Å²) < 4.78 is 39.3. The minimum atomic E-state index is -4.11. The first-order valence-corrected chi connectivity index (χ1v) is 10.8. The number of carboxylic acids is 1. The van der Waals surface area contributed by atoms with E-state index in [2.05, 4.69) is 4.72 Å². The van der Waals surface area contributed by atoms with E-state index in [1.165, 1.54) is 39.4 Å². The van der Waals surface area contributed by atoms with Crippen molar-refractivity contribution in [2.75, 3.05) is 30.4 Å². The molecule has 31 heavy (non-hydrogen) atoms. The Morgan fingerprint density at radius 1 is 1.16 bits per heavy atom. The number of anilines is 2. The maximum atomic E-state index is 13.2. The Bertz CT molecular complexity index is 1170. The van der Waals surface area contributed by atoms with Crippen LogP contribution in [0, 0.1) is 0 Å². The molecule has 0 radical (unpaired) electrons. The van der Waals surface area contributed by atoms with Gasteiger partial charge in [-0.15, -0.1) is 0 Å². The highest BCUT2D eigenvalue weighted by Gasteiger charge is 2.26. The number of carbonyl (C=O) groups is 2. The summed E-state index contributed by atoms with van der Waals surface area (Å²) >= 11 is 0. The number of nitrogens with one attached hydrogen (secondary N) is 1. The van der Waals surface area contributed by atoms with Gasteiger partial charge < -0.3 is 19.5 Å². The van der Waals surface area contributed by atoms with Crippen LogP contribution in [0.5, 0.6) is 11.5 Å². The predicted octanol–water partition coefficient (Wildman–Crippen LogP) is 2.51. The number of amides is 1. The van der Waals surface area contributed by atoms with Gasteiger partial charge in [-0.05, 0) is 54.0 Å². The minimum absolute atomic E-state index is 0.00797. The van der Waals surface area contributed by atoms with E-state index in [1.807, 2.05) is 0 Å². The van der Waals surface area contributed by atoms with Crippen molar-refractivity contribution < 1.29 is 32.6 Å². The van der Waals surface area contributed by atoms with Crippen LogP contribution < -0.4 is 19.1 Å². The predicted molar refractivity (Wildman–Crippen MR) is 115 cm³/mol. The summed E-state index contributed by atoms with van der Waals surface area (Å²) in [6, 6.07) is 7.74. The van der Waals surface area contributed by atoms with Crippen molar-refractivity contribution >= 4 is 39.4 Å². The maximum absolute atomic E-state index is 13.2. The Balaban J connectivity index is 2.01. The highest BCUT2D eigenvalue weighted by molar-refractivity contribution is 7.92. The van der Waals surface area contributed by atoms with Crippen molar-refractivity contribution in [1.82, 2.24) is 0 Å². The molecule has 164 valence electrons. The fourth-order valence-electron chi connectivity index (χ4n) is 3.42. The first kappa shape index (κ1) is 22.2. The van der Waals surface area contributed by atoms with Gasteiger partial charge in [-0.3, -0.25) is 9.52 Å². The van der Waals surface area contributed by atoms with Gasteiger partial charge in [-0.25, -0.2) is 13.2 Å². The molecule has 0 unspecified atom stereocenters. The van der Waals surface area contributed by atoms with E-state index in [4.69, 9.17) is 14.6 Å². The monoisotopic (exact) mass is 446 g/mol. The summed E-state index contributed by atoms with van der Waals surface area (Å²) in [5.41, 5.74) is 2.26. The lowest BCUT2D eigenvalue weighted by Gasteiger charge is -2.17. The van der Waals surface area contributed by atoms with Gasteiger partial charge in [0.25, 0.3) is 10.0 Å². The van der Waals surface area contributed by atoms with Crippen molar-refractivity contribution in [3.05, 3.63) is 47.5 Å². The smallest absolute Gasteiger partial charge is 0.328 e. The number of sulfonamides is 1. The van der Waals surface area contributed by atoms with E-state index >= 15 is 0 Å². The van der Waals surface area contributed by atoms with E-state index in [-0.39, 0.29) is 22.3 Å². The van der Waals surface area contributed by atoms with Gasteiger partial charge in [0.2, 0.25) is 5.91 Å². The van der Waals surface area contributed by atoms with Crippen molar-refractivity contribution in [2.24, 2.45) is 0 Å². The second kappa shape index (κ2) is 8.68. The molecule has 0 saturated carbocycles. The largest absolute Gasteiger partial charge is 0.493 e. The number of carboxylic acid groups (broad SMARTS) is 1. The number of hydrogen-bond donors (Lipinski definition) is 2. The molecule has 0 spiro atoms. The lowest BCUT2D eigenvalue weighted by Crippen LogP contribution is -2.25. The Hall–Kier alpha value is -3.53. The molecular formula is C21H22N2O7S. The molecule has 2 aromatic rings. The van der Waals surface area contributed by atoms with Crippen LogP contribution in [0.3, 0.4) is 0 Å². The molecule has 10 heteroatoms. The number of carbonyl (C=O) groups excluding carboxylic acids is 1. The molecule has 9 nitrogen and oxygen atoms in total. The van der Waals surface area contributed by atoms with E-state index in [9.17, 15) is 18.0 Å². The normalized spacial score (nSPS) is 13.2. The lowest BCUT2D eigenvalue weighted by molar-refractivity contribution is -0.131. The van der Waals surface area contributed by atoms with Crippen LogP contribution in [-0.2, 0) is 26.0 Å². The van der Waals surface area contributed by atoms with Gasteiger partial charge in [0.1, 0.15) is 4.90 Å². The molecular weight excluding hydrogens is 424 g/mol.